The first kappa shape index (κ1) is 17.6. The quantitative estimate of drug-likeness (QED) is 0.862. The van der Waals surface area contributed by atoms with Gasteiger partial charge in [-0.1, -0.05) is 13.8 Å². The van der Waals surface area contributed by atoms with Crippen LogP contribution in [0.2, 0.25) is 0 Å². The number of rotatable bonds is 4. The molecule has 2 fully saturated rings. The minimum atomic E-state index is -1.10. The SMILES string of the molecule is CC(=O)C[C@H]1CC(C)C[C@]2(C[C@H](C)C[C@@H]([C@@H](O)C(C)=O)O2)O1. The van der Waals surface area contributed by atoms with Gasteiger partial charge in [0.15, 0.2) is 11.6 Å². The molecular formula is C17H28O5. The van der Waals surface area contributed by atoms with Crippen molar-refractivity contribution in [1.29, 1.82) is 0 Å². The third kappa shape index (κ3) is 4.15. The van der Waals surface area contributed by atoms with E-state index in [0.717, 1.165) is 19.3 Å². The number of Topliss-reactive ketones (excluding diaryl/α,β-unsaturated/α-hetero) is 2. The zero-order chi connectivity index (χ0) is 16.5. The summed E-state index contributed by atoms with van der Waals surface area (Å²) in [6, 6.07) is 0. The van der Waals surface area contributed by atoms with Crippen LogP contribution < -0.4 is 0 Å². The maximum atomic E-state index is 11.5. The zero-order valence-electron chi connectivity index (χ0n) is 14.0. The van der Waals surface area contributed by atoms with Crippen molar-refractivity contribution in [2.24, 2.45) is 11.8 Å². The van der Waals surface area contributed by atoms with Gasteiger partial charge in [0.25, 0.3) is 0 Å². The summed E-state index contributed by atoms with van der Waals surface area (Å²) >= 11 is 0. The Morgan fingerprint density at radius 2 is 1.73 bits per heavy atom. The van der Waals surface area contributed by atoms with Gasteiger partial charge < -0.3 is 14.6 Å². The number of aliphatic hydroxyl groups excluding tert-OH is 1. The predicted molar refractivity (Wildman–Crippen MR) is 81.3 cm³/mol. The van der Waals surface area contributed by atoms with Crippen molar-refractivity contribution in [3.8, 4) is 0 Å². The number of carbonyl (C=O) groups excluding carboxylic acids is 2. The maximum absolute atomic E-state index is 11.5. The van der Waals surface area contributed by atoms with Crippen molar-refractivity contribution < 1.29 is 24.2 Å². The monoisotopic (exact) mass is 312 g/mol. The topological polar surface area (TPSA) is 72.8 Å². The van der Waals surface area contributed by atoms with Gasteiger partial charge in [0, 0.05) is 19.3 Å². The van der Waals surface area contributed by atoms with Crippen LogP contribution in [0.1, 0.15) is 59.8 Å². The first-order chi connectivity index (χ1) is 10.2. The van der Waals surface area contributed by atoms with Crippen molar-refractivity contribution in [1.82, 2.24) is 0 Å². The van der Waals surface area contributed by atoms with Gasteiger partial charge in [-0.05, 0) is 38.5 Å². The Hall–Kier alpha value is -0.780. The Balaban J connectivity index is 2.15. The van der Waals surface area contributed by atoms with E-state index in [-0.39, 0.29) is 17.7 Å². The fourth-order valence-electron chi connectivity index (χ4n) is 3.95. The van der Waals surface area contributed by atoms with Crippen LogP contribution in [0, 0.1) is 11.8 Å². The number of ketones is 2. The molecule has 1 N–H and O–H groups in total. The molecule has 6 atom stereocenters. The minimum Gasteiger partial charge on any atom is -0.383 e. The zero-order valence-corrected chi connectivity index (χ0v) is 14.0. The van der Waals surface area contributed by atoms with Gasteiger partial charge in [0.2, 0.25) is 0 Å². The third-order valence-corrected chi connectivity index (χ3v) is 4.65. The van der Waals surface area contributed by atoms with Gasteiger partial charge in [0.1, 0.15) is 11.9 Å². The Bertz CT molecular complexity index is 431. The van der Waals surface area contributed by atoms with Gasteiger partial charge in [-0.2, -0.15) is 0 Å². The lowest BCUT2D eigenvalue weighted by Crippen LogP contribution is -2.55. The molecule has 0 amide bonds. The van der Waals surface area contributed by atoms with Crippen LogP contribution in [0.4, 0.5) is 0 Å². The van der Waals surface area contributed by atoms with Crippen molar-refractivity contribution in [2.75, 3.05) is 0 Å². The molecule has 0 aliphatic carbocycles. The van der Waals surface area contributed by atoms with E-state index in [0.29, 0.717) is 24.7 Å². The van der Waals surface area contributed by atoms with Crippen LogP contribution in [0.25, 0.3) is 0 Å². The van der Waals surface area contributed by atoms with Crippen LogP contribution in [-0.4, -0.2) is 40.8 Å². The summed E-state index contributed by atoms with van der Waals surface area (Å²) in [6.45, 7) is 7.17. The predicted octanol–water partition coefficient (Wildman–Crippen LogP) is 2.24. The van der Waals surface area contributed by atoms with E-state index in [4.69, 9.17) is 9.47 Å². The maximum Gasteiger partial charge on any atom is 0.169 e. The summed E-state index contributed by atoms with van der Waals surface area (Å²) in [7, 11) is 0. The highest BCUT2D eigenvalue weighted by molar-refractivity contribution is 5.80. The summed E-state index contributed by atoms with van der Waals surface area (Å²) in [5, 5.41) is 10.1. The molecule has 0 radical (unpaired) electrons. The number of aliphatic hydroxyl groups is 1. The fourth-order valence-corrected chi connectivity index (χ4v) is 3.95. The molecular weight excluding hydrogens is 284 g/mol. The van der Waals surface area contributed by atoms with Gasteiger partial charge in [-0.25, -0.2) is 0 Å². The van der Waals surface area contributed by atoms with Crippen LogP contribution in [-0.2, 0) is 19.1 Å². The summed E-state index contributed by atoms with van der Waals surface area (Å²) in [5.74, 6) is -0.248. The third-order valence-electron chi connectivity index (χ3n) is 4.65. The first-order valence-electron chi connectivity index (χ1n) is 8.24. The normalized spacial score (nSPS) is 40.4. The fraction of sp³-hybridized carbons (Fsp3) is 0.882. The van der Waals surface area contributed by atoms with E-state index in [2.05, 4.69) is 13.8 Å². The molecule has 5 heteroatoms. The Morgan fingerprint density at radius 1 is 1.14 bits per heavy atom. The Morgan fingerprint density at radius 3 is 2.27 bits per heavy atom. The van der Waals surface area contributed by atoms with Crippen molar-refractivity contribution >= 4 is 11.6 Å². The van der Waals surface area contributed by atoms with Gasteiger partial charge in [0.05, 0.1) is 12.2 Å². The summed E-state index contributed by atoms with van der Waals surface area (Å²) < 4.78 is 12.2. The van der Waals surface area contributed by atoms with Crippen molar-refractivity contribution in [2.45, 2.75) is 83.9 Å². The Labute approximate surface area is 132 Å². The first-order valence-corrected chi connectivity index (χ1v) is 8.24. The molecule has 0 saturated carbocycles. The summed E-state index contributed by atoms with van der Waals surface area (Å²) in [4.78, 5) is 22.9. The van der Waals surface area contributed by atoms with Crippen LogP contribution in [0.15, 0.2) is 0 Å². The highest BCUT2D eigenvalue weighted by Crippen LogP contribution is 2.44. The number of hydrogen-bond donors (Lipinski definition) is 1. The standard InChI is InChI=1S/C17H28O5/c1-10-5-14(7-12(3)18)21-17(8-10)9-11(2)6-15(22-17)16(20)13(4)19/h10-11,14-16,20H,5-9H2,1-4H3/t10?,11-,14-,15+,16+,17+/m1/s1. The van der Waals surface area contributed by atoms with E-state index < -0.39 is 18.0 Å². The number of carbonyl (C=O) groups is 2. The lowest BCUT2D eigenvalue weighted by Gasteiger charge is -2.50. The van der Waals surface area contributed by atoms with Crippen molar-refractivity contribution in [3.63, 3.8) is 0 Å². The Kier molecular flexibility index (Phi) is 5.41. The average Bonchev–Trinajstić information content (AvgIpc) is 2.34. The molecule has 2 aliphatic heterocycles. The highest BCUT2D eigenvalue weighted by Gasteiger charge is 2.48. The van der Waals surface area contributed by atoms with Gasteiger partial charge in [-0.3, -0.25) is 9.59 Å². The second-order valence-corrected chi connectivity index (χ2v) is 7.36. The molecule has 2 heterocycles. The van der Waals surface area contributed by atoms with Gasteiger partial charge in [-0.15, -0.1) is 0 Å². The second-order valence-electron chi connectivity index (χ2n) is 7.36. The molecule has 2 rings (SSSR count). The average molecular weight is 312 g/mol. The molecule has 2 saturated heterocycles. The van der Waals surface area contributed by atoms with Crippen LogP contribution in [0.3, 0.4) is 0 Å². The van der Waals surface area contributed by atoms with Crippen molar-refractivity contribution in [3.05, 3.63) is 0 Å². The molecule has 0 aromatic rings. The van der Waals surface area contributed by atoms with E-state index in [1.807, 2.05) is 0 Å². The van der Waals surface area contributed by atoms with Crippen LogP contribution >= 0.6 is 0 Å². The largest absolute Gasteiger partial charge is 0.383 e. The molecule has 0 aromatic heterocycles. The van der Waals surface area contributed by atoms with E-state index in [9.17, 15) is 14.7 Å². The van der Waals surface area contributed by atoms with E-state index >= 15 is 0 Å². The van der Waals surface area contributed by atoms with E-state index in [1.54, 1.807) is 6.92 Å². The molecule has 0 aromatic carbocycles. The molecule has 1 unspecified atom stereocenters. The number of ether oxygens (including phenoxy) is 2. The lowest BCUT2D eigenvalue weighted by atomic mass is 9.81. The molecule has 22 heavy (non-hydrogen) atoms. The van der Waals surface area contributed by atoms with E-state index in [1.165, 1.54) is 6.92 Å². The van der Waals surface area contributed by atoms with Gasteiger partial charge >= 0.3 is 0 Å². The second kappa shape index (κ2) is 6.77. The summed E-state index contributed by atoms with van der Waals surface area (Å²) in [5.41, 5.74) is 0. The molecule has 126 valence electrons. The smallest absolute Gasteiger partial charge is 0.169 e. The molecule has 5 nitrogen and oxygen atoms in total. The minimum absolute atomic E-state index is 0.110. The molecule has 1 spiro atoms. The molecule has 2 aliphatic rings. The highest BCUT2D eigenvalue weighted by atomic mass is 16.7. The number of hydrogen-bond acceptors (Lipinski definition) is 5. The van der Waals surface area contributed by atoms with Crippen LogP contribution in [0.5, 0.6) is 0 Å². The summed E-state index contributed by atoms with van der Waals surface area (Å²) in [6.07, 6.45) is 1.61. The lowest BCUT2D eigenvalue weighted by molar-refractivity contribution is -0.335. The molecule has 0 bridgehead atoms.